The minimum atomic E-state index is -0.101. The number of benzene rings is 1. The third-order valence-corrected chi connectivity index (χ3v) is 3.82. The number of ether oxygens (including phenoxy) is 2. The number of hydrogen-bond acceptors (Lipinski definition) is 6. The van der Waals surface area contributed by atoms with E-state index >= 15 is 0 Å². The van der Waals surface area contributed by atoms with Crippen LogP contribution in [0.2, 0.25) is 0 Å². The molecule has 0 unspecified atom stereocenters. The molecule has 27 heavy (non-hydrogen) atoms. The van der Waals surface area contributed by atoms with Gasteiger partial charge in [-0.05, 0) is 23.6 Å². The second-order valence-corrected chi connectivity index (χ2v) is 7.38. The first-order valence-corrected chi connectivity index (χ1v) is 8.71. The molecule has 0 saturated heterocycles. The van der Waals surface area contributed by atoms with Crippen LogP contribution in [0.5, 0.6) is 11.5 Å². The van der Waals surface area contributed by atoms with Crippen molar-refractivity contribution in [1.82, 2.24) is 15.0 Å². The summed E-state index contributed by atoms with van der Waals surface area (Å²) in [7, 11) is 3.14. The first kappa shape index (κ1) is 20.5. The second-order valence-electron chi connectivity index (χ2n) is 7.38. The third-order valence-electron chi connectivity index (χ3n) is 3.82. The van der Waals surface area contributed by atoms with E-state index in [1.54, 1.807) is 37.3 Å². The molecular weight excluding hydrogens is 346 g/mol. The van der Waals surface area contributed by atoms with Crippen molar-refractivity contribution >= 4 is 5.91 Å². The number of carbonyl (C=O) groups is 1. The van der Waals surface area contributed by atoms with Gasteiger partial charge in [0.15, 0.2) is 11.5 Å². The zero-order chi connectivity index (χ0) is 20.0. The summed E-state index contributed by atoms with van der Waals surface area (Å²) in [5.41, 5.74) is 0.634. The van der Waals surface area contributed by atoms with Crippen molar-refractivity contribution in [2.75, 3.05) is 20.8 Å². The van der Waals surface area contributed by atoms with Crippen LogP contribution in [0.4, 0.5) is 0 Å². The summed E-state index contributed by atoms with van der Waals surface area (Å²) in [5, 5.41) is 4.02. The zero-order valence-electron chi connectivity index (χ0n) is 16.6. The maximum atomic E-state index is 12.5. The molecule has 1 amide bonds. The lowest BCUT2D eigenvalue weighted by Crippen LogP contribution is -2.33. The molecule has 7 heteroatoms. The number of nitrogens with zero attached hydrogens (tertiary/aromatic N) is 3. The van der Waals surface area contributed by atoms with Gasteiger partial charge in [0.05, 0.1) is 14.2 Å². The average Bonchev–Trinajstić information content (AvgIpc) is 3.08. The van der Waals surface area contributed by atoms with Crippen LogP contribution in [-0.4, -0.2) is 41.7 Å². The van der Waals surface area contributed by atoms with Crippen molar-refractivity contribution in [2.24, 2.45) is 5.41 Å². The first-order valence-electron chi connectivity index (χ1n) is 8.71. The van der Waals surface area contributed by atoms with E-state index in [1.165, 1.54) is 0 Å². The Hall–Kier alpha value is -2.83. The lowest BCUT2D eigenvalue weighted by molar-refractivity contribution is -0.133. The highest BCUT2D eigenvalue weighted by Crippen LogP contribution is 2.31. The van der Waals surface area contributed by atoms with Crippen molar-refractivity contribution in [3.63, 3.8) is 0 Å². The molecule has 7 nitrogen and oxygen atoms in total. The number of amides is 1. The molecule has 0 radical (unpaired) electrons. The van der Waals surface area contributed by atoms with Crippen LogP contribution in [0.3, 0.4) is 0 Å². The highest BCUT2D eigenvalue weighted by Gasteiger charge is 2.22. The van der Waals surface area contributed by atoms with Crippen molar-refractivity contribution in [3.05, 3.63) is 36.7 Å². The summed E-state index contributed by atoms with van der Waals surface area (Å²) < 4.78 is 15.9. The van der Waals surface area contributed by atoms with Crippen LogP contribution in [-0.2, 0) is 11.3 Å². The van der Waals surface area contributed by atoms with Gasteiger partial charge >= 0.3 is 0 Å². The minimum Gasteiger partial charge on any atom is -0.493 e. The number of methoxy groups -OCH3 is 2. The van der Waals surface area contributed by atoms with E-state index < -0.39 is 0 Å². The van der Waals surface area contributed by atoms with E-state index in [0.29, 0.717) is 36.2 Å². The molecular formula is C20H27N3O4. The van der Waals surface area contributed by atoms with Gasteiger partial charge in [-0.15, -0.1) is 6.58 Å². The summed E-state index contributed by atoms with van der Waals surface area (Å²) >= 11 is 0. The molecule has 0 aliphatic rings. The van der Waals surface area contributed by atoms with Gasteiger partial charge in [-0.1, -0.05) is 32.0 Å². The standard InChI is InChI=1S/C20H27N3O4/c1-7-10-23(18(24)12-20(2,3)4)13-17-21-19(22-27-17)14-8-9-15(25-5)16(11-14)26-6/h7-9,11H,1,10,12-13H2,2-6H3. The molecule has 0 spiro atoms. The van der Waals surface area contributed by atoms with Gasteiger partial charge in [0.1, 0.15) is 6.54 Å². The van der Waals surface area contributed by atoms with Crippen molar-refractivity contribution in [2.45, 2.75) is 33.7 Å². The van der Waals surface area contributed by atoms with Gasteiger partial charge in [0, 0.05) is 18.5 Å². The van der Waals surface area contributed by atoms with Crippen molar-refractivity contribution in [3.8, 4) is 22.9 Å². The maximum Gasteiger partial charge on any atom is 0.246 e. The van der Waals surface area contributed by atoms with E-state index in [0.717, 1.165) is 5.56 Å². The Morgan fingerprint density at radius 2 is 1.96 bits per heavy atom. The van der Waals surface area contributed by atoms with Crippen LogP contribution >= 0.6 is 0 Å². The average molecular weight is 373 g/mol. The zero-order valence-corrected chi connectivity index (χ0v) is 16.6. The summed E-state index contributed by atoms with van der Waals surface area (Å²) in [6.45, 7) is 10.5. The van der Waals surface area contributed by atoms with E-state index in [-0.39, 0.29) is 17.9 Å². The fourth-order valence-electron chi connectivity index (χ4n) is 2.55. The molecule has 146 valence electrons. The van der Waals surface area contributed by atoms with Crippen LogP contribution in [0, 0.1) is 5.41 Å². The topological polar surface area (TPSA) is 77.7 Å². The number of carbonyl (C=O) groups excluding carboxylic acids is 1. The van der Waals surface area contributed by atoms with Gasteiger partial charge in [-0.3, -0.25) is 4.79 Å². The van der Waals surface area contributed by atoms with Crippen molar-refractivity contribution < 1.29 is 18.8 Å². The normalized spacial score (nSPS) is 11.1. The Kier molecular flexibility index (Phi) is 6.60. The summed E-state index contributed by atoms with van der Waals surface area (Å²) in [5.74, 6) is 2.01. The van der Waals surface area contributed by atoms with Crippen LogP contribution in [0.25, 0.3) is 11.4 Å². The van der Waals surface area contributed by atoms with Gasteiger partial charge in [-0.25, -0.2) is 0 Å². The summed E-state index contributed by atoms with van der Waals surface area (Å²) in [4.78, 5) is 18.6. The monoisotopic (exact) mass is 373 g/mol. The molecule has 0 atom stereocenters. The number of rotatable bonds is 8. The fraction of sp³-hybridized carbons (Fsp3) is 0.450. The molecule has 1 aromatic carbocycles. The van der Waals surface area contributed by atoms with Gasteiger partial charge in [0.25, 0.3) is 0 Å². The molecule has 0 saturated carbocycles. The predicted octanol–water partition coefficient (Wildman–Crippen LogP) is 3.70. The molecule has 1 aromatic heterocycles. The number of hydrogen-bond donors (Lipinski definition) is 0. The SMILES string of the molecule is C=CCN(Cc1nc(-c2ccc(OC)c(OC)c2)no1)C(=O)CC(C)(C)C. The molecule has 0 aliphatic carbocycles. The van der Waals surface area contributed by atoms with Gasteiger partial charge in [0.2, 0.25) is 17.6 Å². The highest BCUT2D eigenvalue weighted by molar-refractivity contribution is 5.76. The Bertz CT molecular complexity index is 793. The minimum absolute atomic E-state index is 0.0215. The molecule has 1 heterocycles. The van der Waals surface area contributed by atoms with Gasteiger partial charge in [-0.2, -0.15) is 4.98 Å². The van der Waals surface area contributed by atoms with E-state index in [2.05, 4.69) is 16.7 Å². The second kappa shape index (κ2) is 8.70. The lowest BCUT2D eigenvalue weighted by Gasteiger charge is -2.24. The molecule has 2 aromatic rings. The summed E-state index contributed by atoms with van der Waals surface area (Å²) in [6.07, 6.45) is 2.11. The molecule has 0 fully saturated rings. The molecule has 0 N–H and O–H groups in total. The highest BCUT2D eigenvalue weighted by atomic mass is 16.5. The third kappa shape index (κ3) is 5.57. The van der Waals surface area contributed by atoms with Crippen LogP contribution in [0.15, 0.2) is 35.4 Å². The smallest absolute Gasteiger partial charge is 0.246 e. The van der Waals surface area contributed by atoms with E-state index in [4.69, 9.17) is 14.0 Å². The largest absolute Gasteiger partial charge is 0.493 e. The van der Waals surface area contributed by atoms with Crippen molar-refractivity contribution in [1.29, 1.82) is 0 Å². The first-order chi connectivity index (χ1) is 12.8. The Labute approximate surface area is 160 Å². The summed E-state index contributed by atoms with van der Waals surface area (Å²) in [6, 6.07) is 5.38. The molecule has 0 bridgehead atoms. The van der Waals surface area contributed by atoms with Gasteiger partial charge < -0.3 is 18.9 Å². The molecule has 0 aliphatic heterocycles. The Morgan fingerprint density at radius 1 is 1.26 bits per heavy atom. The molecule has 2 rings (SSSR count). The van der Waals surface area contributed by atoms with Crippen LogP contribution in [0.1, 0.15) is 33.1 Å². The Morgan fingerprint density at radius 3 is 2.56 bits per heavy atom. The van der Waals surface area contributed by atoms with Crippen LogP contribution < -0.4 is 9.47 Å². The predicted molar refractivity (Wildman–Crippen MR) is 103 cm³/mol. The van der Waals surface area contributed by atoms with E-state index in [9.17, 15) is 4.79 Å². The quantitative estimate of drug-likeness (QED) is 0.657. The maximum absolute atomic E-state index is 12.5. The lowest BCUT2D eigenvalue weighted by atomic mass is 9.91. The fourth-order valence-corrected chi connectivity index (χ4v) is 2.55. The van der Waals surface area contributed by atoms with E-state index in [1.807, 2.05) is 26.8 Å². The Balaban J connectivity index is 2.18. The number of aromatic nitrogens is 2.